The van der Waals surface area contributed by atoms with Crippen molar-refractivity contribution in [2.24, 2.45) is 0 Å². The molecule has 0 spiro atoms. The van der Waals surface area contributed by atoms with Gasteiger partial charge in [0.25, 0.3) is 0 Å². The van der Waals surface area contributed by atoms with E-state index < -0.39 is 68.0 Å². The molecule has 0 unspecified atom stereocenters. The monoisotopic (exact) mass is 382 g/mol. The normalized spacial score (nSPS) is 46.8. The number of aliphatic hydroxyl groups excluding tert-OH is 8. The molecule has 0 aromatic heterocycles. The van der Waals surface area contributed by atoms with E-state index in [1.807, 2.05) is 0 Å². The minimum atomic E-state index is -1.76. The third kappa shape index (κ3) is 4.02. The summed E-state index contributed by atoms with van der Waals surface area (Å²) in [6.45, 7) is 2.38. The second-order valence-corrected chi connectivity index (χ2v) is 6.61. The first-order valence-corrected chi connectivity index (χ1v) is 8.12. The summed E-state index contributed by atoms with van der Waals surface area (Å²) in [5, 5.41) is 78.7. The maximum absolute atomic E-state index is 10.1. The van der Waals surface area contributed by atoms with Gasteiger partial charge >= 0.3 is 0 Å². The molecule has 2 fully saturated rings. The van der Waals surface area contributed by atoms with Crippen LogP contribution < -0.4 is 0 Å². The molecule has 8 N–H and O–H groups in total. The van der Waals surface area contributed by atoms with Crippen molar-refractivity contribution in [1.82, 2.24) is 0 Å². The zero-order chi connectivity index (χ0) is 19.8. The van der Waals surface area contributed by atoms with Crippen molar-refractivity contribution in [2.75, 3.05) is 6.61 Å². The van der Waals surface area contributed by atoms with Gasteiger partial charge in [-0.1, -0.05) is 0 Å². The smallest absolute Gasteiger partial charge is 0.187 e. The van der Waals surface area contributed by atoms with Crippen molar-refractivity contribution in [3.05, 3.63) is 11.3 Å². The first-order valence-electron chi connectivity index (χ1n) is 8.12. The number of hydrogen-bond acceptors (Lipinski definition) is 11. The summed E-state index contributed by atoms with van der Waals surface area (Å²) in [6, 6.07) is 0. The molecule has 0 bridgehead atoms. The maximum Gasteiger partial charge on any atom is 0.187 e. The van der Waals surface area contributed by atoms with Gasteiger partial charge in [-0.05, 0) is 19.4 Å². The lowest BCUT2D eigenvalue weighted by Gasteiger charge is -2.45. The lowest BCUT2D eigenvalue weighted by atomic mass is 9.95. The largest absolute Gasteiger partial charge is 0.510 e. The molecule has 0 saturated carbocycles. The number of rotatable bonds is 4. The minimum Gasteiger partial charge on any atom is -0.510 e. The van der Waals surface area contributed by atoms with Crippen LogP contribution in [0.3, 0.4) is 0 Å². The topological polar surface area (TPSA) is 190 Å². The summed E-state index contributed by atoms with van der Waals surface area (Å²) in [5.41, 5.74) is 0.393. The fourth-order valence-electron chi connectivity index (χ4n) is 2.86. The van der Waals surface area contributed by atoms with Crippen LogP contribution in [0, 0.1) is 0 Å². The van der Waals surface area contributed by atoms with E-state index in [-0.39, 0.29) is 5.76 Å². The van der Waals surface area contributed by atoms with Crippen LogP contribution in [0.1, 0.15) is 13.8 Å². The van der Waals surface area contributed by atoms with E-state index >= 15 is 0 Å². The zero-order valence-electron chi connectivity index (χ0n) is 14.3. The van der Waals surface area contributed by atoms with Crippen LogP contribution in [0.25, 0.3) is 0 Å². The third-order valence-electron chi connectivity index (χ3n) is 4.48. The van der Waals surface area contributed by atoms with E-state index in [9.17, 15) is 40.9 Å². The minimum absolute atomic E-state index is 0.369. The molecule has 0 radical (unpaired) electrons. The van der Waals surface area contributed by atoms with Gasteiger partial charge in [0.1, 0.15) is 54.6 Å². The van der Waals surface area contributed by atoms with E-state index in [1.165, 1.54) is 13.8 Å². The molecule has 0 aromatic rings. The van der Waals surface area contributed by atoms with Crippen molar-refractivity contribution in [3.63, 3.8) is 0 Å². The molecule has 152 valence electrons. The Balaban J connectivity index is 2.21. The Bertz CT molecular complexity index is 506. The lowest BCUT2D eigenvalue weighted by Crippen LogP contribution is -2.64. The van der Waals surface area contributed by atoms with Crippen LogP contribution in [0.4, 0.5) is 0 Å². The zero-order valence-corrected chi connectivity index (χ0v) is 14.3. The fraction of sp³-hybridized carbons (Fsp3) is 0.867. The maximum atomic E-state index is 10.1. The summed E-state index contributed by atoms with van der Waals surface area (Å²) in [6.07, 6.45) is -16.1. The van der Waals surface area contributed by atoms with E-state index in [2.05, 4.69) is 0 Å². The molecular weight excluding hydrogens is 356 g/mol. The summed E-state index contributed by atoms with van der Waals surface area (Å²) in [7, 11) is 0. The average Bonchev–Trinajstić information content (AvgIpc) is 2.61. The third-order valence-corrected chi connectivity index (χ3v) is 4.48. The van der Waals surface area contributed by atoms with Gasteiger partial charge in [-0.3, -0.25) is 0 Å². The number of allylic oxidation sites excluding steroid dienone is 1. The molecule has 0 amide bonds. The highest BCUT2D eigenvalue weighted by Gasteiger charge is 2.51. The Hall–Kier alpha value is -0.860. The predicted molar refractivity (Wildman–Crippen MR) is 82.5 cm³/mol. The van der Waals surface area contributed by atoms with Crippen LogP contribution >= 0.6 is 0 Å². The van der Waals surface area contributed by atoms with Crippen molar-refractivity contribution >= 4 is 0 Å². The Morgan fingerprint density at radius 3 is 2.00 bits per heavy atom. The van der Waals surface area contributed by atoms with Crippen molar-refractivity contribution in [1.29, 1.82) is 0 Å². The summed E-state index contributed by atoms with van der Waals surface area (Å²) in [5.74, 6) is -0.369. The summed E-state index contributed by atoms with van der Waals surface area (Å²) in [4.78, 5) is 0. The van der Waals surface area contributed by atoms with Gasteiger partial charge in [-0.15, -0.1) is 0 Å². The quantitative estimate of drug-likeness (QED) is 0.225. The van der Waals surface area contributed by atoms with Crippen LogP contribution in [-0.4, -0.2) is 109 Å². The highest BCUT2D eigenvalue weighted by molar-refractivity contribution is 5.12. The van der Waals surface area contributed by atoms with Crippen LogP contribution in [0.15, 0.2) is 11.3 Å². The van der Waals surface area contributed by atoms with E-state index in [0.717, 1.165) is 0 Å². The van der Waals surface area contributed by atoms with Crippen molar-refractivity contribution in [3.8, 4) is 0 Å². The van der Waals surface area contributed by atoms with Gasteiger partial charge in [0.15, 0.2) is 12.6 Å². The van der Waals surface area contributed by atoms with Crippen LogP contribution in [0.5, 0.6) is 0 Å². The van der Waals surface area contributed by atoms with E-state index in [4.69, 9.17) is 14.2 Å². The highest BCUT2D eigenvalue weighted by atomic mass is 16.7. The first-order chi connectivity index (χ1) is 12.1. The summed E-state index contributed by atoms with van der Waals surface area (Å²) >= 11 is 0. The molecule has 2 aliphatic rings. The Labute approximate surface area is 149 Å². The SMILES string of the molecule is CC(C)=C(O)[C@H]1O[C@@H](O[C@H]2[C@H](O)[C@@H](O)[C@H](O)O[C@@H]2CO)[C@H](O)[C@@H](O)[C@H]1O. The average molecular weight is 382 g/mol. The second-order valence-electron chi connectivity index (χ2n) is 6.61. The van der Waals surface area contributed by atoms with Gasteiger partial charge in [0.2, 0.25) is 0 Å². The standard InChI is InChI=1S/C15H26O11/c1-4(2)6(17)13-8(19)7(18)11(22)15(26-13)25-12-5(3-16)24-14(23)10(21)9(12)20/h5,7-23H,3H2,1-2H3/t5-,7+,8-,9-,10-,11-,12-,13-,14-,15-/m1/s1. The number of hydrogen-bond donors (Lipinski definition) is 8. The lowest BCUT2D eigenvalue weighted by molar-refractivity contribution is -0.352. The van der Waals surface area contributed by atoms with Gasteiger partial charge in [0.05, 0.1) is 6.61 Å². The first kappa shape index (κ1) is 21.4. The molecule has 2 heterocycles. The van der Waals surface area contributed by atoms with Crippen LogP contribution in [-0.2, 0) is 14.2 Å². The number of ether oxygens (including phenoxy) is 3. The number of aliphatic hydroxyl groups is 8. The van der Waals surface area contributed by atoms with E-state index in [0.29, 0.717) is 5.57 Å². The molecule has 11 nitrogen and oxygen atoms in total. The molecule has 2 rings (SSSR count). The molecule has 26 heavy (non-hydrogen) atoms. The van der Waals surface area contributed by atoms with Gasteiger partial charge in [-0.25, -0.2) is 0 Å². The second kappa shape index (κ2) is 8.44. The predicted octanol–water partition coefficient (Wildman–Crippen LogP) is -3.54. The van der Waals surface area contributed by atoms with Gasteiger partial charge < -0.3 is 55.1 Å². The van der Waals surface area contributed by atoms with Gasteiger partial charge in [-0.2, -0.15) is 0 Å². The highest BCUT2D eigenvalue weighted by Crippen LogP contribution is 2.30. The Morgan fingerprint density at radius 2 is 1.46 bits per heavy atom. The molecule has 0 aromatic carbocycles. The van der Waals surface area contributed by atoms with Crippen molar-refractivity contribution in [2.45, 2.75) is 75.3 Å². The molecular formula is C15H26O11. The van der Waals surface area contributed by atoms with Gasteiger partial charge in [0, 0.05) is 0 Å². The molecule has 2 aliphatic heterocycles. The molecule has 10 atom stereocenters. The molecule has 11 heteroatoms. The fourth-order valence-corrected chi connectivity index (χ4v) is 2.86. The van der Waals surface area contributed by atoms with E-state index in [1.54, 1.807) is 0 Å². The Kier molecular flexibility index (Phi) is 6.96. The van der Waals surface area contributed by atoms with Crippen LogP contribution in [0.2, 0.25) is 0 Å². The molecule has 2 saturated heterocycles. The Morgan fingerprint density at radius 1 is 0.846 bits per heavy atom. The summed E-state index contributed by atoms with van der Waals surface area (Å²) < 4.78 is 15.6. The molecule has 0 aliphatic carbocycles. The van der Waals surface area contributed by atoms with Crippen molar-refractivity contribution < 1.29 is 55.1 Å².